The third kappa shape index (κ3) is 4.29. The zero-order valence-electron chi connectivity index (χ0n) is 16.0. The summed E-state index contributed by atoms with van der Waals surface area (Å²) < 4.78 is 4.88. The molecule has 0 spiro atoms. The molecular formula is C22H27N3O3. The van der Waals surface area contributed by atoms with Gasteiger partial charge in [0.25, 0.3) is 0 Å². The second kappa shape index (κ2) is 8.63. The number of piperazine rings is 1. The largest absolute Gasteiger partial charge is 0.507 e. The SMILES string of the molecule is O=C(O)OC1CN(CCCN2c3ccccc3CCc3ccccc32)CCN1. The molecule has 1 atom stereocenters. The minimum Gasteiger partial charge on any atom is -0.450 e. The fourth-order valence-electron chi connectivity index (χ4n) is 4.24. The first-order chi connectivity index (χ1) is 13.7. The minimum atomic E-state index is -1.22. The van der Waals surface area contributed by atoms with Crippen LogP contribution in [-0.2, 0) is 17.6 Å². The zero-order chi connectivity index (χ0) is 19.3. The topological polar surface area (TPSA) is 65.0 Å². The second-order valence-corrected chi connectivity index (χ2v) is 7.39. The molecule has 2 heterocycles. The molecule has 0 saturated carbocycles. The van der Waals surface area contributed by atoms with Gasteiger partial charge in [0.2, 0.25) is 0 Å². The number of ether oxygens (including phenoxy) is 1. The van der Waals surface area contributed by atoms with Crippen LogP contribution in [0.5, 0.6) is 0 Å². The number of nitrogens with one attached hydrogen (secondary N) is 1. The summed E-state index contributed by atoms with van der Waals surface area (Å²) in [4.78, 5) is 15.5. The molecule has 6 nitrogen and oxygen atoms in total. The van der Waals surface area contributed by atoms with Gasteiger partial charge in [0, 0.05) is 44.1 Å². The van der Waals surface area contributed by atoms with Gasteiger partial charge in [-0.2, -0.15) is 0 Å². The molecule has 6 heteroatoms. The maximum absolute atomic E-state index is 10.8. The Labute approximate surface area is 165 Å². The molecule has 2 N–H and O–H groups in total. The number of hydrogen-bond acceptors (Lipinski definition) is 5. The van der Waals surface area contributed by atoms with Crippen LogP contribution in [0.15, 0.2) is 48.5 Å². The molecule has 1 saturated heterocycles. The van der Waals surface area contributed by atoms with Crippen molar-refractivity contribution in [3.05, 3.63) is 59.7 Å². The van der Waals surface area contributed by atoms with Crippen molar-refractivity contribution in [2.24, 2.45) is 0 Å². The quantitative estimate of drug-likeness (QED) is 0.776. The Balaban J connectivity index is 1.44. The number of hydrogen-bond donors (Lipinski definition) is 2. The van der Waals surface area contributed by atoms with Gasteiger partial charge in [-0.05, 0) is 42.5 Å². The second-order valence-electron chi connectivity index (χ2n) is 7.39. The number of aryl methyl sites for hydroxylation is 2. The average Bonchev–Trinajstić information content (AvgIpc) is 2.85. The predicted molar refractivity (Wildman–Crippen MR) is 109 cm³/mol. The maximum Gasteiger partial charge on any atom is 0.507 e. The fourth-order valence-corrected chi connectivity index (χ4v) is 4.24. The Morgan fingerprint density at radius 3 is 2.32 bits per heavy atom. The van der Waals surface area contributed by atoms with Crippen molar-refractivity contribution >= 4 is 17.5 Å². The molecule has 2 aliphatic heterocycles. The normalized spacial score (nSPS) is 19.4. The Bertz CT molecular complexity index is 779. The number of benzene rings is 2. The van der Waals surface area contributed by atoms with E-state index in [0.29, 0.717) is 6.54 Å². The van der Waals surface area contributed by atoms with Gasteiger partial charge in [0.05, 0.1) is 0 Å². The summed E-state index contributed by atoms with van der Waals surface area (Å²) in [5.41, 5.74) is 5.41. The van der Waals surface area contributed by atoms with E-state index < -0.39 is 12.4 Å². The van der Waals surface area contributed by atoms with Gasteiger partial charge in [0.15, 0.2) is 6.23 Å². The highest BCUT2D eigenvalue weighted by Crippen LogP contribution is 2.35. The van der Waals surface area contributed by atoms with E-state index in [4.69, 9.17) is 9.84 Å². The van der Waals surface area contributed by atoms with Gasteiger partial charge in [-0.3, -0.25) is 10.2 Å². The highest BCUT2D eigenvalue weighted by Gasteiger charge is 2.23. The highest BCUT2D eigenvalue weighted by atomic mass is 16.7. The molecular weight excluding hydrogens is 354 g/mol. The summed E-state index contributed by atoms with van der Waals surface area (Å²) in [6.45, 7) is 4.10. The lowest BCUT2D eigenvalue weighted by Gasteiger charge is -2.33. The first-order valence-electron chi connectivity index (χ1n) is 9.99. The van der Waals surface area contributed by atoms with Crippen molar-refractivity contribution in [1.29, 1.82) is 0 Å². The van der Waals surface area contributed by atoms with Crippen LogP contribution < -0.4 is 10.2 Å². The van der Waals surface area contributed by atoms with Gasteiger partial charge in [0.1, 0.15) is 0 Å². The van der Waals surface area contributed by atoms with Crippen molar-refractivity contribution in [2.75, 3.05) is 37.6 Å². The van der Waals surface area contributed by atoms with E-state index in [1.54, 1.807) is 0 Å². The van der Waals surface area contributed by atoms with E-state index >= 15 is 0 Å². The standard InChI is InChI=1S/C22H27N3O3/c26-22(27)28-21-16-24(15-12-23-21)13-5-14-25-19-8-3-1-6-17(19)10-11-18-7-2-4-9-20(18)25/h1-4,6-9,21,23H,5,10-16H2,(H,26,27). The number of para-hydroxylation sites is 2. The molecule has 2 aliphatic rings. The Morgan fingerprint density at radius 1 is 1.04 bits per heavy atom. The van der Waals surface area contributed by atoms with Gasteiger partial charge in [-0.1, -0.05) is 36.4 Å². The van der Waals surface area contributed by atoms with Crippen molar-refractivity contribution in [3.8, 4) is 0 Å². The number of anilines is 2. The van der Waals surface area contributed by atoms with Crippen molar-refractivity contribution < 1.29 is 14.6 Å². The zero-order valence-corrected chi connectivity index (χ0v) is 16.0. The van der Waals surface area contributed by atoms with Crippen molar-refractivity contribution in [3.63, 3.8) is 0 Å². The van der Waals surface area contributed by atoms with E-state index in [1.807, 2.05) is 0 Å². The van der Waals surface area contributed by atoms with Crippen LogP contribution >= 0.6 is 0 Å². The summed E-state index contributed by atoms with van der Waals surface area (Å²) in [6.07, 6.45) is 1.47. The Morgan fingerprint density at radius 2 is 1.68 bits per heavy atom. The van der Waals surface area contributed by atoms with Gasteiger partial charge in [-0.25, -0.2) is 4.79 Å². The van der Waals surface area contributed by atoms with Crippen LogP contribution in [0.4, 0.5) is 16.2 Å². The van der Waals surface area contributed by atoms with Crippen molar-refractivity contribution in [2.45, 2.75) is 25.5 Å². The molecule has 28 heavy (non-hydrogen) atoms. The molecule has 1 fully saturated rings. The summed E-state index contributed by atoms with van der Waals surface area (Å²) >= 11 is 0. The average molecular weight is 381 g/mol. The molecule has 148 valence electrons. The number of carbonyl (C=O) groups is 1. The molecule has 4 rings (SSSR count). The lowest BCUT2D eigenvalue weighted by Crippen LogP contribution is -2.52. The van der Waals surface area contributed by atoms with Crippen LogP contribution in [0.2, 0.25) is 0 Å². The lowest BCUT2D eigenvalue weighted by atomic mass is 10.0. The first kappa shape index (κ1) is 18.8. The number of carboxylic acid groups (broad SMARTS) is 1. The number of fused-ring (bicyclic) bond motifs is 2. The molecule has 0 bridgehead atoms. The lowest BCUT2D eigenvalue weighted by molar-refractivity contribution is 0.00238. The summed E-state index contributed by atoms with van der Waals surface area (Å²) in [6, 6.07) is 17.4. The predicted octanol–water partition coefficient (Wildman–Crippen LogP) is 3.24. The van der Waals surface area contributed by atoms with E-state index in [-0.39, 0.29) is 0 Å². The van der Waals surface area contributed by atoms with Gasteiger partial charge >= 0.3 is 6.16 Å². The highest BCUT2D eigenvalue weighted by molar-refractivity contribution is 5.71. The molecule has 1 unspecified atom stereocenters. The molecule has 0 amide bonds. The summed E-state index contributed by atoms with van der Waals surface area (Å²) in [5, 5.41) is 11.9. The third-order valence-electron chi connectivity index (χ3n) is 5.55. The first-order valence-corrected chi connectivity index (χ1v) is 9.99. The number of nitrogens with zero attached hydrogens (tertiary/aromatic N) is 2. The molecule has 2 aromatic rings. The molecule has 2 aromatic carbocycles. The molecule has 0 radical (unpaired) electrons. The van der Waals surface area contributed by atoms with Crippen LogP contribution in [0, 0.1) is 0 Å². The number of rotatable bonds is 5. The minimum absolute atomic E-state index is 0.439. The van der Waals surface area contributed by atoms with E-state index in [1.165, 1.54) is 22.5 Å². The maximum atomic E-state index is 10.8. The van der Waals surface area contributed by atoms with Crippen LogP contribution in [0.3, 0.4) is 0 Å². The van der Waals surface area contributed by atoms with E-state index in [2.05, 4.69) is 63.6 Å². The smallest absolute Gasteiger partial charge is 0.450 e. The van der Waals surface area contributed by atoms with E-state index in [9.17, 15) is 4.79 Å². The molecule has 0 aromatic heterocycles. The Kier molecular flexibility index (Phi) is 5.78. The van der Waals surface area contributed by atoms with Crippen molar-refractivity contribution in [1.82, 2.24) is 10.2 Å². The summed E-state index contributed by atoms with van der Waals surface area (Å²) in [5.74, 6) is 0. The van der Waals surface area contributed by atoms with Gasteiger partial charge in [-0.15, -0.1) is 0 Å². The molecule has 0 aliphatic carbocycles. The van der Waals surface area contributed by atoms with Crippen LogP contribution in [0.1, 0.15) is 17.5 Å². The summed E-state index contributed by atoms with van der Waals surface area (Å²) in [7, 11) is 0. The van der Waals surface area contributed by atoms with Crippen LogP contribution in [0.25, 0.3) is 0 Å². The monoisotopic (exact) mass is 381 g/mol. The Hall–Kier alpha value is -2.57. The fraction of sp³-hybridized carbons (Fsp3) is 0.409. The van der Waals surface area contributed by atoms with Crippen LogP contribution in [-0.4, -0.2) is 55.1 Å². The third-order valence-corrected chi connectivity index (χ3v) is 5.55. The van der Waals surface area contributed by atoms with Gasteiger partial charge < -0.3 is 14.7 Å². The van der Waals surface area contributed by atoms with E-state index in [0.717, 1.165) is 45.4 Å².